The third-order valence-corrected chi connectivity index (χ3v) is 7.05. The van der Waals surface area contributed by atoms with Crippen molar-refractivity contribution in [1.29, 1.82) is 0 Å². The van der Waals surface area contributed by atoms with Gasteiger partial charge in [-0.05, 0) is 52.6 Å². The van der Waals surface area contributed by atoms with Crippen molar-refractivity contribution < 1.29 is 32.6 Å². The number of carbonyl (C=O) groups is 2. The predicted molar refractivity (Wildman–Crippen MR) is 136 cm³/mol. The first-order valence-corrected chi connectivity index (χ1v) is 12.0. The van der Waals surface area contributed by atoms with E-state index in [9.17, 15) is 27.9 Å². The van der Waals surface area contributed by atoms with Gasteiger partial charge in [0.2, 0.25) is 0 Å². The van der Waals surface area contributed by atoms with Crippen molar-refractivity contribution in [3.63, 3.8) is 0 Å². The van der Waals surface area contributed by atoms with E-state index < -0.39 is 46.0 Å². The molecule has 198 valence electrons. The normalized spacial score (nSPS) is 20.8. The van der Waals surface area contributed by atoms with Crippen LogP contribution >= 0.6 is 11.8 Å². The molecule has 3 N–H and O–H groups in total. The Balaban J connectivity index is 2.12. The number of halogens is 3. The number of Topliss-reactive ketones (excluding diaryl/α,β-unsaturated/α-hetero) is 1. The standard InChI is InChI=1S/C26H28F3N3O4S/c1-14(26(27,28)29)37-24(31-30)32-20(15-6-10-17(11-7-15)25(2,3)4)19(22(34)23(32)35)21(33)16-8-12-18(36-5)13-9-16/h6-13,19-20,22,34H,1,30H2,2-5H3/b31-24-. The molecule has 0 bridgehead atoms. The summed E-state index contributed by atoms with van der Waals surface area (Å²) in [6, 6.07) is 11.9. The molecule has 0 aliphatic carbocycles. The molecule has 1 heterocycles. The zero-order valence-electron chi connectivity index (χ0n) is 20.7. The van der Waals surface area contributed by atoms with Crippen LogP contribution in [0.4, 0.5) is 13.2 Å². The van der Waals surface area contributed by atoms with E-state index in [2.05, 4.69) is 11.7 Å². The summed E-state index contributed by atoms with van der Waals surface area (Å²) in [6.45, 7) is 9.02. The molecule has 2 aromatic rings. The van der Waals surface area contributed by atoms with Crippen LogP contribution in [-0.2, 0) is 10.2 Å². The smallest absolute Gasteiger partial charge is 0.422 e. The average Bonchev–Trinajstić information content (AvgIpc) is 3.11. The number of aliphatic hydroxyl groups excluding tert-OH is 1. The zero-order chi connectivity index (χ0) is 27.7. The van der Waals surface area contributed by atoms with Crippen molar-refractivity contribution >= 4 is 28.6 Å². The van der Waals surface area contributed by atoms with Gasteiger partial charge in [-0.25, -0.2) is 0 Å². The van der Waals surface area contributed by atoms with Crippen molar-refractivity contribution in [3.05, 3.63) is 76.7 Å². The van der Waals surface area contributed by atoms with E-state index >= 15 is 0 Å². The Kier molecular flexibility index (Phi) is 8.09. The number of allylic oxidation sites excluding steroid dienone is 1. The molecular formula is C26H28F3N3O4S. The van der Waals surface area contributed by atoms with E-state index in [1.54, 1.807) is 36.4 Å². The summed E-state index contributed by atoms with van der Waals surface area (Å²) >= 11 is 0.0467. The van der Waals surface area contributed by atoms with E-state index in [4.69, 9.17) is 10.6 Å². The molecular weight excluding hydrogens is 507 g/mol. The number of benzene rings is 2. The third-order valence-electron chi connectivity index (χ3n) is 6.09. The van der Waals surface area contributed by atoms with Crippen molar-refractivity contribution in [1.82, 2.24) is 4.90 Å². The summed E-state index contributed by atoms with van der Waals surface area (Å²) in [5.41, 5.74) is 1.36. The van der Waals surface area contributed by atoms with Crippen LogP contribution in [-0.4, -0.2) is 46.3 Å². The van der Waals surface area contributed by atoms with Gasteiger partial charge < -0.3 is 15.7 Å². The minimum Gasteiger partial charge on any atom is -0.497 e. The summed E-state index contributed by atoms with van der Waals surface area (Å²) in [4.78, 5) is 26.4. The Hall–Kier alpha value is -3.31. The number of aliphatic hydroxyl groups is 1. The quantitative estimate of drug-likeness (QED) is 0.188. The monoisotopic (exact) mass is 535 g/mol. The number of rotatable bonds is 5. The highest BCUT2D eigenvalue weighted by Gasteiger charge is 2.54. The second-order valence-electron chi connectivity index (χ2n) is 9.52. The van der Waals surface area contributed by atoms with Gasteiger partial charge in [0.15, 0.2) is 11.0 Å². The lowest BCUT2D eigenvalue weighted by Gasteiger charge is -2.29. The number of hydrazone groups is 1. The number of nitrogens with two attached hydrogens (primary N) is 1. The fourth-order valence-electron chi connectivity index (χ4n) is 4.06. The van der Waals surface area contributed by atoms with Gasteiger partial charge >= 0.3 is 6.18 Å². The van der Waals surface area contributed by atoms with Gasteiger partial charge in [-0.15, -0.1) is 0 Å². The molecule has 11 heteroatoms. The zero-order valence-corrected chi connectivity index (χ0v) is 21.6. The van der Waals surface area contributed by atoms with Crippen molar-refractivity contribution in [2.75, 3.05) is 7.11 Å². The molecule has 0 spiro atoms. The van der Waals surface area contributed by atoms with Crippen LogP contribution in [0.5, 0.6) is 5.75 Å². The summed E-state index contributed by atoms with van der Waals surface area (Å²) in [5.74, 6) is 2.99. The maximum absolute atomic E-state index is 13.6. The van der Waals surface area contributed by atoms with E-state index in [1.165, 1.54) is 19.2 Å². The molecule has 0 saturated carbocycles. The number of amides is 1. The van der Waals surface area contributed by atoms with Gasteiger partial charge in [-0.2, -0.15) is 18.3 Å². The largest absolute Gasteiger partial charge is 0.497 e. The predicted octanol–water partition coefficient (Wildman–Crippen LogP) is 4.77. The number of hydrogen-bond acceptors (Lipinski definition) is 7. The summed E-state index contributed by atoms with van der Waals surface area (Å²) < 4.78 is 44.8. The molecule has 7 nitrogen and oxygen atoms in total. The SMILES string of the molecule is C=C(S/C(=N\N)N1C(=O)C(O)C(C(=O)c2ccc(OC)cc2)C1c1ccc(C(C)(C)C)cc1)C(F)(F)F. The number of amidine groups is 1. The highest BCUT2D eigenvalue weighted by atomic mass is 32.2. The van der Waals surface area contributed by atoms with E-state index in [0.717, 1.165) is 10.5 Å². The number of hydrogen-bond donors (Lipinski definition) is 2. The lowest BCUT2D eigenvalue weighted by molar-refractivity contribution is -0.132. The molecule has 0 aromatic heterocycles. The van der Waals surface area contributed by atoms with Crippen LogP contribution in [0.3, 0.4) is 0 Å². The molecule has 1 aliphatic heterocycles. The second kappa shape index (κ2) is 10.6. The number of likely N-dealkylation sites (tertiary alicyclic amines) is 1. The number of carbonyl (C=O) groups excluding carboxylic acids is 2. The van der Waals surface area contributed by atoms with Gasteiger partial charge in [0.1, 0.15) is 11.9 Å². The molecule has 2 aromatic carbocycles. The van der Waals surface area contributed by atoms with Crippen molar-refractivity contribution in [2.24, 2.45) is 16.9 Å². The average molecular weight is 536 g/mol. The maximum atomic E-state index is 13.6. The lowest BCUT2D eigenvalue weighted by atomic mass is 9.83. The number of nitrogens with zero attached hydrogens (tertiary/aromatic N) is 2. The van der Waals surface area contributed by atoms with E-state index in [-0.39, 0.29) is 22.7 Å². The van der Waals surface area contributed by atoms with E-state index in [1.807, 2.05) is 20.8 Å². The van der Waals surface area contributed by atoms with Gasteiger partial charge in [0.05, 0.1) is 24.0 Å². The number of methoxy groups -OCH3 is 1. The van der Waals surface area contributed by atoms with Crippen LogP contribution in [0.2, 0.25) is 0 Å². The number of ketones is 1. The van der Waals surface area contributed by atoms with Gasteiger partial charge in [-0.3, -0.25) is 14.5 Å². The molecule has 3 rings (SSSR count). The molecule has 1 fully saturated rings. The lowest BCUT2D eigenvalue weighted by Crippen LogP contribution is -2.36. The Bertz CT molecular complexity index is 1210. The first-order valence-electron chi connectivity index (χ1n) is 11.2. The highest BCUT2D eigenvalue weighted by molar-refractivity contribution is 8.17. The minimum atomic E-state index is -4.79. The highest BCUT2D eigenvalue weighted by Crippen LogP contribution is 2.44. The van der Waals surface area contributed by atoms with Gasteiger partial charge in [0.25, 0.3) is 5.91 Å². The fraction of sp³-hybridized carbons (Fsp3) is 0.346. The van der Waals surface area contributed by atoms with E-state index in [0.29, 0.717) is 11.3 Å². The second-order valence-corrected chi connectivity index (χ2v) is 10.6. The molecule has 1 aliphatic rings. The Labute approximate surface area is 217 Å². The summed E-state index contributed by atoms with van der Waals surface area (Å²) in [7, 11) is 1.46. The third kappa shape index (κ3) is 5.83. The number of alkyl halides is 3. The first-order chi connectivity index (χ1) is 17.2. The maximum Gasteiger partial charge on any atom is 0.422 e. The molecule has 3 unspecified atom stereocenters. The Morgan fingerprint density at radius 1 is 1.11 bits per heavy atom. The first kappa shape index (κ1) is 28.3. The van der Waals surface area contributed by atoms with Crippen LogP contribution in [0.25, 0.3) is 0 Å². The summed E-state index contributed by atoms with van der Waals surface area (Å²) in [6.07, 6.45) is -6.64. The molecule has 3 atom stereocenters. The molecule has 1 saturated heterocycles. The van der Waals surface area contributed by atoms with Crippen molar-refractivity contribution in [2.45, 2.75) is 44.5 Å². The van der Waals surface area contributed by atoms with Crippen LogP contribution in [0, 0.1) is 5.92 Å². The van der Waals surface area contributed by atoms with Crippen LogP contribution in [0.15, 0.2) is 65.1 Å². The van der Waals surface area contributed by atoms with Gasteiger partial charge in [0, 0.05) is 5.56 Å². The number of ether oxygens (including phenoxy) is 1. The molecule has 0 radical (unpaired) electrons. The number of thioether (sulfide) groups is 1. The van der Waals surface area contributed by atoms with Crippen LogP contribution < -0.4 is 10.6 Å². The molecule has 37 heavy (non-hydrogen) atoms. The van der Waals surface area contributed by atoms with Crippen LogP contribution in [0.1, 0.15) is 48.3 Å². The fourth-order valence-corrected chi connectivity index (χ4v) is 4.75. The van der Waals surface area contributed by atoms with Crippen molar-refractivity contribution in [3.8, 4) is 5.75 Å². The summed E-state index contributed by atoms with van der Waals surface area (Å²) in [5, 5.41) is 13.8. The van der Waals surface area contributed by atoms with Gasteiger partial charge in [-0.1, -0.05) is 51.6 Å². The topological polar surface area (TPSA) is 105 Å². The Morgan fingerprint density at radius 2 is 1.68 bits per heavy atom. The molecule has 1 amide bonds. The minimum absolute atomic E-state index is 0.0467. The Morgan fingerprint density at radius 3 is 2.14 bits per heavy atom.